The van der Waals surface area contributed by atoms with Gasteiger partial charge < -0.3 is 15.5 Å². The molecule has 0 spiro atoms. The summed E-state index contributed by atoms with van der Waals surface area (Å²) in [4.78, 5) is 11.2. The molecular formula is C17H29N5S. The second-order valence-corrected chi connectivity index (χ2v) is 7.97. The summed E-state index contributed by atoms with van der Waals surface area (Å²) in [6, 6.07) is 4.24. The summed E-state index contributed by atoms with van der Waals surface area (Å²) in [5.41, 5.74) is 1.23. The number of pyridine rings is 1. The van der Waals surface area contributed by atoms with Crippen LogP contribution in [0.15, 0.2) is 23.3 Å². The minimum absolute atomic E-state index is 0.192. The molecule has 2 rings (SSSR count). The third-order valence-electron chi connectivity index (χ3n) is 4.16. The molecular weight excluding hydrogens is 306 g/mol. The standard InChI is InChI=1S/C17H29N5S/c1-17(2,23-4)13-21-16(18-3)20-12-14-7-8-19-15(11-14)22-9-5-6-10-22/h7-8,11H,5-6,9-10,12-13H2,1-4H3,(H2,18,20,21). The minimum Gasteiger partial charge on any atom is -0.357 e. The van der Waals surface area contributed by atoms with Crippen molar-refractivity contribution >= 4 is 23.5 Å². The molecule has 6 heteroatoms. The van der Waals surface area contributed by atoms with E-state index in [1.165, 1.54) is 18.4 Å². The number of hydrogen-bond donors (Lipinski definition) is 2. The molecule has 0 saturated carbocycles. The SMILES string of the molecule is CN=C(NCc1ccnc(N2CCCC2)c1)NCC(C)(C)SC. The number of nitrogens with zero attached hydrogens (tertiary/aromatic N) is 3. The van der Waals surface area contributed by atoms with Crippen LogP contribution in [-0.4, -0.2) is 48.6 Å². The highest BCUT2D eigenvalue weighted by atomic mass is 32.2. The number of rotatable bonds is 6. The Balaban J connectivity index is 1.87. The number of aliphatic imine (C=N–C) groups is 1. The van der Waals surface area contributed by atoms with Crippen LogP contribution in [0, 0.1) is 0 Å². The van der Waals surface area contributed by atoms with Gasteiger partial charge >= 0.3 is 0 Å². The monoisotopic (exact) mass is 335 g/mol. The van der Waals surface area contributed by atoms with Crippen LogP contribution in [0.3, 0.4) is 0 Å². The Morgan fingerprint density at radius 3 is 2.74 bits per heavy atom. The lowest BCUT2D eigenvalue weighted by atomic mass is 10.2. The summed E-state index contributed by atoms with van der Waals surface area (Å²) < 4.78 is 0.192. The van der Waals surface area contributed by atoms with E-state index in [9.17, 15) is 0 Å². The van der Waals surface area contributed by atoms with Gasteiger partial charge in [-0.15, -0.1) is 0 Å². The summed E-state index contributed by atoms with van der Waals surface area (Å²) >= 11 is 1.85. The fourth-order valence-corrected chi connectivity index (χ4v) is 2.68. The minimum atomic E-state index is 0.192. The Bertz CT molecular complexity index is 523. The third-order valence-corrected chi connectivity index (χ3v) is 5.41. The lowest BCUT2D eigenvalue weighted by Crippen LogP contribution is -2.43. The van der Waals surface area contributed by atoms with Gasteiger partial charge in [-0.25, -0.2) is 4.98 Å². The summed E-state index contributed by atoms with van der Waals surface area (Å²) in [5.74, 6) is 1.93. The topological polar surface area (TPSA) is 52.6 Å². The first-order chi connectivity index (χ1) is 11.0. The quantitative estimate of drug-likeness (QED) is 0.618. The Morgan fingerprint density at radius 2 is 2.09 bits per heavy atom. The molecule has 0 unspecified atom stereocenters. The maximum atomic E-state index is 4.50. The van der Waals surface area contributed by atoms with Crippen molar-refractivity contribution in [3.63, 3.8) is 0 Å². The Morgan fingerprint density at radius 1 is 1.35 bits per heavy atom. The molecule has 1 aliphatic rings. The third kappa shape index (κ3) is 5.61. The number of hydrogen-bond acceptors (Lipinski definition) is 4. The van der Waals surface area contributed by atoms with Gasteiger partial charge in [0.1, 0.15) is 5.82 Å². The van der Waals surface area contributed by atoms with Crippen molar-refractivity contribution < 1.29 is 0 Å². The van der Waals surface area contributed by atoms with Gasteiger partial charge in [0.15, 0.2) is 5.96 Å². The van der Waals surface area contributed by atoms with Crippen LogP contribution in [0.2, 0.25) is 0 Å². The average Bonchev–Trinajstić information content (AvgIpc) is 3.10. The maximum absolute atomic E-state index is 4.50. The molecule has 1 saturated heterocycles. The van der Waals surface area contributed by atoms with Gasteiger partial charge in [0.05, 0.1) is 0 Å². The zero-order valence-corrected chi connectivity index (χ0v) is 15.5. The molecule has 1 aromatic rings. The lowest BCUT2D eigenvalue weighted by Gasteiger charge is -2.24. The molecule has 1 fully saturated rings. The Kier molecular flexibility index (Phi) is 6.57. The number of guanidine groups is 1. The van der Waals surface area contributed by atoms with Crippen molar-refractivity contribution in [1.29, 1.82) is 0 Å². The van der Waals surface area contributed by atoms with E-state index in [0.717, 1.165) is 38.0 Å². The number of thioether (sulfide) groups is 1. The predicted octanol–water partition coefficient (Wildman–Crippen LogP) is 2.49. The van der Waals surface area contributed by atoms with Crippen LogP contribution in [0.5, 0.6) is 0 Å². The van der Waals surface area contributed by atoms with E-state index in [2.05, 4.69) is 57.7 Å². The molecule has 0 radical (unpaired) electrons. The predicted molar refractivity (Wildman–Crippen MR) is 101 cm³/mol. The van der Waals surface area contributed by atoms with Crippen molar-refractivity contribution in [2.75, 3.05) is 37.8 Å². The summed E-state index contributed by atoms with van der Waals surface area (Å²) in [6.07, 6.45) is 6.57. The zero-order chi connectivity index (χ0) is 16.7. The molecule has 0 amide bonds. The number of anilines is 1. The highest BCUT2D eigenvalue weighted by Crippen LogP contribution is 2.20. The van der Waals surface area contributed by atoms with Gasteiger partial charge in [0.2, 0.25) is 0 Å². The second-order valence-electron chi connectivity index (χ2n) is 6.46. The first-order valence-electron chi connectivity index (χ1n) is 8.23. The normalized spacial score (nSPS) is 15.8. The van der Waals surface area contributed by atoms with Crippen LogP contribution in [0.1, 0.15) is 32.3 Å². The average molecular weight is 336 g/mol. The highest BCUT2D eigenvalue weighted by Gasteiger charge is 2.16. The van der Waals surface area contributed by atoms with E-state index in [0.29, 0.717) is 0 Å². The fraction of sp³-hybridized carbons (Fsp3) is 0.647. The Hall–Kier alpha value is -1.43. The highest BCUT2D eigenvalue weighted by molar-refractivity contribution is 7.99. The molecule has 0 atom stereocenters. The summed E-state index contributed by atoms with van der Waals surface area (Å²) in [5, 5.41) is 6.78. The van der Waals surface area contributed by atoms with Crippen LogP contribution in [-0.2, 0) is 6.54 Å². The van der Waals surface area contributed by atoms with E-state index in [1.54, 1.807) is 0 Å². The van der Waals surface area contributed by atoms with Crippen molar-refractivity contribution in [3.8, 4) is 0 Å². The van der Waals surface area contributed by atoms with Gasteiger partial charge in [-0.2, -0.15) is 11.8 Å². The largest absolute Gasteiger partial charge is 0.357 e. The van der Waals surface area contributed by atoms with E-state index < -0.39 is 0 Å². The molecule has 0 aliphatic carbocycles. The van der Waals surface area contributed by atoms with Gasteiger partial charge in [-0.05, 0) is 50.6 Å². The molecule has 23 heavy (non-hydrogen) atoms. The van der Waals surface area contributed by atoms with Crippen molar-refractivity contribution in [2.45, 2.75) is 38.0 Å². The van der Waals surface area contributed by atoms with Crippen molar-refractivity contribution in [2.24, 2.45) is 4.99 Å². The number of aromatic nitrogens is 1. The second kappa shape index (κ2) is 8.43. The van der Waals surface area contributed by atoms with E-state index in [-0.39, 0.29) is 4.75 Å². The zero-order valence-electron chi connectivity index (χ0n) is 14.7. The van der Waals surface area contributed by atoms with Gasteiger partial charge in [-0.1, -0.05) is 0 Å². The summed E-state index contributed by atoms with van der Waals surface area (Å²) in [7, 11) is 1.81. The Labute approximate surface area is 144 Å². The lowest BCUT2D eigenvalue weighted by molar-refractivity contribution is 0.664. The fourth-order valence-electron chi connectivity index (χ4n) is 2.46. The maximum Gasteiger partial charge on any atom is 0.191 e. The number of nitrogens with one attached hydrogen (secondary N) is 2. The molecule has 0 bridgehead atoms. The van der Waals surface area contributed by atoms with Crippen LogP contribution in [0.25, 0.3) is 0 Å². The van der Waals surface area contributed by atoms with Gasteiger partial charge in [0, 0.05) is 44.2 Å². The summed E-state index contributed by atoms with van der Waals surface area (Å²) in [6.45, 7) is 8.33. The molecule has 2 heterocycles. The molecule has 5 nitrogen and oxygen atoms in total. The first-order valence-corrected chi connectivity index (χ1v) is 9.46. The van der Waals surface area contributed by atoms with Gasteiger partial charge in [-0.3, -0.25) is 4.99 Å². The van der Waals surface area contributed by atoms with Crippen LogP contribution < -0.4 is 15.5 Å². The first kappa shape index (κ1) is 17.9. The molecule has 1 aliphatic heterocycles. The van der Waals surface area contributed by atoms with Gasteiger partial charge in [0.25, 0.3) is 0 Å². The van der Waals surface area contributed by atoms with Crippen LogP contribution in [0.4, 0.5) is 5.82 Å². The van der Waals surface area contributed by atoms with E-state index in [1.807, 2.05) is 25.0 Å². The molecule has 128 valence electrons. The van der Waals surface area contributed by atoms with E-state index >= 15 is 0 Å². The smallest absolute Gasteiger partial charge is 0.191 e. The van der Waals surface area contributed by atoms with E-state index in [4.69, 9.17) is 0 Å². The molecule has 2 N–H and O–H groups in total. The van der Waals surface area contributed by atoms with Crippen LogP contribution >= 0.6 is 11.8 Å². The van der Waals surface area contributed by atoms with Crippen molar-refractivity contribution in [1.82, 2.24) is 15.6 Å². The molecule has 0 aromatic carbocycles. The molecule has 1 aromatic heterocycles. The van der Waals surface area contributed by atoms with Crippen molar-refractivity contribution in [3.05, 3.63) is 23.9 Å².